The van der Waals surface area contributed by atoms with Crippen LogP contribution in [0.5, 0.6) is 0 Å². The quantitative estimate of drug-likeness (QED) is 0.873. The van der Waals surface area contributed by atoms with Crippen molar-refractivity contribution in [2.45, 2.75) is 51.7 Å². The number of halogens is 1. The van der Waals surface area contributed by atoms with Crippen LogP contribution in [0.4, 0.5) is 9.18 Å². The van der Waals surface area contributed by atoms with Gasteiger partial charge in [0, 0.05) is 18.6 Å². The van der Waals surface area contributed by atoms with Crippen molar-refractivity contribution in [1.82, 2.24) is 10.2 Å². The van der Waals surface area contributed by atoms with Crippen molar-refractivity contribution in [2.75, 3.05) is 0 Å². The molecule has 0 saturated carbocycles. The number of nitrogens with zero attached hydrogens (tertiary/aromatic N) is 1. The van der Waals surface area contributed by atoms with Gasteiger partial charge in [-0.3, -0.25) is 0 Å². The molecule has 0 bridgehead atoms. The van der Waals surface area contributed by atoms with Gasteiger partial charge in [0.1, 0.15) is 5.82 Å². The molecule has 1 aromatic carbocycles. The molecule has 2 unspecified atom stereocenters. The molecule has 0 spiro atoms. The van der Waals surface area contributed by atoms with Crippen LogP contribution in [0.15, 0.2) is 24.3 Å². The van der Waals surface area contributed by atoms with E-state index in [0.717, 1.165) is 18.4 Å². The van der Waals surface area contributed by atoms with Gasteiger partial charge in [0.05, 0.1) is 0 Å². The predicted octanol–water partition coefficient (Wildman–Crippen LogP) is 3.30. The Morgan fingerprint density at radius 1 is 1.26 bits per heavy atom. The van der Waals surface area contributed by atoms with Crippen molar-refractivity contribution in [2.24, 2.45) is 0 Å². The third-order valence-electron chi connectivity index (χ3n) is 3.79. The highest BCUT2D eigenvalue weighted by Gasteiger charge is 2.28. The molecule has 1 aliphatic heterocycles. The second-order valence-electron chi connectivity index (χ2n) is 5.32. The summed E-state index contributed by atoms with van der Waals surface area (Å²) in [7, 11) is 0. The van der Waals surface area contributed by atoms with E-state index < -0.39 is 0 Å². The molecule has 19 heavy (non-hydrogen) atoms. The summed E-state index contributed by atoms with van der Waals surface area (Å²) < 4.78 is 12.8. The molecule has 0 aliphatic carbocycles. The maximum absolute atomic E-state index is 12.8. The van der Waals surface area contributed by atoms with Crippen molar-refractivity contribution in [3.63, 3.8) is 0 Å². The van der Waals surface area contributed by atoms with Crippen LogP contribution in [-0.4, -0.2) is 23.0 Å². The molecule has 2 rings (SSSR count). The number of benzene rings is 1. The SMILES string of the molecule is CC1CCCC(C)N1C(=O)NCc1ccc(F)cc1. The van der Waals surface area contributed by atoms with Crippen LogP contribution in [0.3, 0.4) is 0 Å². The molecule has 2 amide bonds. The summed E-state index contributed by atoms with van der Waals surface area (Å²) in [6, 6.07) is 6.76. The minimum atomic E-state index is -0.256. The standard InChI is InChI=1S/C15H21FN2O/c1-11-4-3-5-12(2)18(11)15(19)17-10-13-6-8-14(16)9-7-13/h6-9,11-12H,3-5,10H2,1-2H3,(H,17,19). The van der Waals surface area contributed by atoms with E-state index in [4.69, 9.17) is 0 Å². The van der Waals surface area contributed by atoms with E-state index in [0.29, 0.717) is 6.54 Å². The fourth-order valence-electron chi connectivity index (χ4n) is 2.69. The zero-order valence-corrected chi connectivity index (χ0v) is 11.5. The number of urea groups is 1. The predicted molar refractivity (Wildman–Crippen MR) is 73.2 cm³/mol. The van der Waals surface area contributed by atoms with Gasteiger partial charge in [0.2, 0.25) is 0 Å². The van der Waals surface area contributed by atoms with Gasteiger partial charge >= 0.3 is 6.03 Å². The minimum absolute atomic E-state index is 0.0241. The zero-order chi connectivity index (χ0) is 13.8. The Balaban J connectivity index is 1.91. The first-order valence-electron chi connectivity index (χ1n) is 6.88. The summed E-state index contributed by atoms with van der Waals surface area (Å²) in [6.07, 6.45) is 3.31. The summed E-state index contributed by atoms with van der Waals surface area (Å²) in [4.78, 5) is 14.1. The normalized spacial score (nSPS) is 23.2. The Bertz CT molecular complexity index is 422. The molecule has 2 atom stereocenters. The van der Waals surface area contributed by atoms with Crippen LogP contribution in [0.1, 0.15) is 38.7 Å². The average molecular weight is 264 g/mol. The second kappa shape index (κ2) is 6.04. The lowest BCUT2D eigenvalue weighted by molar-refractivity contribution is 0.123. The molecule has 1 aliphatic rings. The maximum atomic E-state index is 12.8. The number of likely N-dealkylation sites (tertiary alicyclic amines) is 1. The van der Waals surface area contributed by atoms with Crippen molar-refractivity contribution < 1.29 is 9.18 Å². The Kier molecular flexibility index (Phi) is 4.40. The summed E-state index contributed by atoms with van der Waals surface area (Å²) in [5.41, 5.74) is 0.909. The van der Waals surface area contributed by atoms with Crippen LogP contribution in [0.2, 0.25) is 0 Å². The fraction of sp³-hybridized carbons (Fsp3) is 0.533. The second-order valence-corrected chi connectivity index (χ2v) is 5.32. The number of hydrogen-bond donors (Lipinski definition) is 1. The lowest BCUT2D eigenvalue weighted by Crippen LogP contribution is -2.51. The maximum Gasteiger partial charge on any atom is 0.318 e. The molecule has 4 heteroatoms. The van der Waals surface area contributed by atoms with E-state index in [1.54, 1.807) is 12.1 Å². The molecule has 104 valence electrons. The molecule has 1 aromatic rings. The molecule has 0 aromatic heterocycles. The third kappa shape index (κ3) is 3.46. The summed E-state index contributed by atoms with van der Waals surface area (Å²) in [5, 5.41) is 2.91. The highest BCUT2D eigenvalue weighted by Crippen LogP contribution is 2.22. The van der Waals surface area contributed by atoms with Crippen LogP contribution >= 0.6 is 0 Å². The number of carbonyl (C=O) groups excluding carboxylic acids is 1. The first-order valence-corrected chi connectivity index (χ1v) is 6.88. The number of piperidine rings is 1. The monoisotopic (exact) mass is 264 g/mol. The lowest BCUT2D eigenvalue weighted by Gasteiger charge is -2.38. The van der Waals surface area contributed by atoms with Gasteiger partial charge in [-0.15, -0.1) is 0 Å². The Labute approximate surface area is 113 Å². The molecule has 1 N–H and O–H groups in total. The van der Waals surface area contributed by atoms with Crippen LogP contribution in [0.25, 0.3) is 0 Å². The summed E-state index contributed by atoms with van der Waals surface area (Å²) >= 11 is 0. The smallest absolute Gasteiger partial charge is 0.318 e. The van der Waals surface area contributed by atoms with Gasteiger partial charge in [-0.05, 0) is 50.8 Å². The van der Waals surface area contributed by atoms with Gasteiger partial charge in [-0.1, -0.05) is 12.1 Å². The van der Waals surface area contributed by atoms with E-state index in [-0.39, 0.29) is 23.9 Å². The summed E-state index contributed by atoms with van der Waals surface area (Å²) in [5.74, 6) is -0.256. The highest BCUT2D eigenvalue weighted by molar-refractivity contribution is 5.75. The first-order chi connectivity index (χ1) is 9.08. The molecule has 0 radical (unpaired) electrons. The highest BCUT2D eigenvalue weighted by atomic mass is 19.1. The average Bonchev–Trinajstić information content (AvgIpc) is 2.38. The lowest BCUT2D eigenvalue weighted by atomic mass is 9.98. The van der Waals surface area contributed by atoms with Crippen molar-refractivity contribution in [3.05, 3.63) is 35.6 Å². The van der Waals surface area contributed by atoms with Crippen LogP contribution in [0, 0.1) is 5.82 Å². The number of carbonyl (C=O) groups is 1. The first kappa shape index (κ1) is 13.8. The summed E-state index contributed by atoms with van der Waals surface area (Å²) in [6.45, 7) is 4.62. The Morgan fingerprint density at radius 3 is 2.42 bits per heavy atom. The van der Waals surface area contributed by atoms with E-state index >= 15 is 0 Å². The van der Waals surface area contributed by atoms with Crippen molar-refractivity contribution >= 4 is 6.03 Å². The van der Waals surface area contributed by atoms with Gasteiger partial charge in [-0.25, -0.2) is 9.18 Å². The van der Waals surface area contributed by atoms with E-state index in [2.05, 4.69) is 19.2 Å². The van der Waals surface area contributed by atoms with E-state index in [9.17, 15) is 9.18 Å². The molecule has 1 heterocycles. The Morgan fingerprint density at radius 2 is 1.84 bits per heavy atom. The van der Waals surface area contributed by atoms with Crippen molar-refractivity contribution in [3.8, 4) is 0 Å². The molecule has 1 fully saturated rings. The van der Waals surface area contributed by atoms with Gasteiger partial charge < -0.3 is 10.2 Å². The molecular weight excluding hydrogens is 243 g/mol. The number of rotatable bonds is 2. The molecule has 3 nitrogen and oxygen atoms in total. The number of amides is 2. The van der Waals surface area contributed by atoms with E-state index in [1.807, 2.05) is 4.90 Å². The van der Waals surface area contributed by atoms with E-state index in [1.165, 1.54) is 18.6 Å². The largest absolute Gasteiger partial charge is 0.334 e. The Hall–Kier alpha value is -1.58. The van der Waals surface area contributed by atoms with Crippen LogP contribution < -0.4 is 5.32 Å². The topological polar surface area (TPSA) is 32.3 Å². The minimum Gasteiger partial charge on any atom is -0.334 e. The third-order valence-corrected chi connectivity index (χ3v) is 3.79. The van der Waals surface area contributed by atoms with Gasteiger partial charge in [-0.2, -0.15) is 0 Å². The molecular formula is C15H21FN2O. The number of nitrogens with one attached hydrogen (secondary N) is 1. The van der Waals surface area contributed by atoms with Crippen LogP contribution in [-0.2, 0) is 6.54 Å². The number of hydrogen-bond acceptors (Lipinski definition) is 1. The van der Waals surface area contributed by atoms with Crippen molar-refractivity contribution in [1.29, 1.82) is 0 Å². The van der Waals surface area contributed by atoms with Gasteiger partial charge in [0.25, 0.3) is 0 Å². The fourth-order valence-corrected chi connectivity index (χ4v) is 2.69. The zero-order valence-electron chi connectivity index (χ0n) is 11.5. The molecule has 1 saturated heterocycles. The van der Waals surface area contributed by atoms with Gasteiger partial charge in [0.15, 0.2) is 0 Å².